The van der Waals surface area contributed by atoms with Crippen molar-refractivity contribution < 1.29 is 9.59 Å². The Kier molecular flexibility index (Phi) is 7.09. The molecule has 0 bridgehead atoms. The van der Waals surface area contributed by atoms with Gasteiger partial charge >= 0.3 is 11.8 Å². The van der Waals surface area contributed by atoms with E-state index in [1.165, 1.54) is 0 Å². The molecular weight excluding hydrogens is 276 g/mol. The lowest BCUT2D eigenvalue weighted by molar-refractivity contribution is -0.146. The van der Waals surface area contributed by atoms with E-state index in [1.54, 1.807) is 11.0 Å². The molecule has 2 amide bonds. The normalized spacial score (nSPS) is 10.2. The van der Waals surface area contributed by atoms with E-state index >= 15 is 0 Å². The van der Waals surface area contributed by atoms with Gasteiger partial charge in [0.2, 0.25) is 0 Å². The molecule has 5 heteroatoms. The first-order valence-corrected chi connectivity index (χ1v) is 7.28. The molecule has 0 aliphatic heterocycles. The summed E-state index contributed by atoms with van der Waals surface area (Å²) in [5.41, 5.74) is 0.799. The van der Waals surface area contributed by atoms with Crippen LogP contribution in [0.3, 0.4) is 0 Å². The second-order valence-corrected chi connectivity index (χ2v) is 4.97. The Morgan fingerprint density at radius 1 is 1.15 bits per heavy atom. The molecule has 0 saturated heterocycles. The fourth-order valence-corrected chi connectivity index (χ4v) is 2.09. The van der Waals surface area contributed by atoms with Gasteiger partial charge in [0, 0.05) is 24.7 Å². The van der Waals surface area contributed by atoms with Crippen LogP contribution in [0, 0.1) is 0 Å². The van der Waals surface area contributed by atoms with Crippen molar-refractivity contribution in [3.63, 3.8) is 0 Å². The summed E-state index contributed by atoms with van der Waals surface area (Å²) in [5, 5.41) is 3.20. The predicted molar refractivity (Wildman–Crippen MR) is 80.5 cm³/mol. The maximum absolute atomic E-state index is 12.0. The molecule has 20 heavy (non-hydrogen) atoms. The lowest BCUT2D eigenvalue weighted by Crippen LogP contribution is -2.43. The third kappa shape index (κ3) is 4.85. The third-order valence-corrected chi connectivity index (χ3v) is 3.23. The number of carbonyl (C=O) groups is 2. The van der Waals surface area contributed by atoms with Crippen LogP contribution < -0.4 is 5.32 Å². The Bertz CT molecular complexity index is 457. The van der Waals surface area contributed by atoms with Crippen LogP contribution in [0.5, 0.6) is 0 Å². The van der Waals surface area contributed by atoms with E-state index < -0.39 is 11.8 Å². The largest absolute Gasteiger partial charge is 0.344 e. The van der Waals surface area contributed by atoms with Crippen molar-refractivity contribution in [3.8, 4) is 0 Å². The van der Waals surface area contributed by atoms with Crippen molar-refractivity contribution in [2.24, 2.45) is 0 Å². The highest BCUT2D eigenvalue weighted by molar-refractivity contribution is 6.35. The number of hydrogen-bond donors (Lipinski definition) is 1. The first-order valence-electron chi connectivity index (χ1n) is 6.90. The quantitative estimate of drug-likeness (QED) is 0.820. The second-order valence-electron chi connectivity index (χ2n) is 4.57. The summed E-state index contributed by atoms with van der Waals surface area (Å²) in [4.78, 5) is 25.5. The average molecular weight is 297 g/mol. The molecule has 0 atom stereocenters. The van der Waals surface area contributed by atoms with Gasteiger partial charge in [-0.3, -0.25) is 9.59 Å². The minimum Gasteiger partial charge on any atom is -0.344 e. The SMILES string of the molecule is CCCN(CCC)C(=O)C(=O)NCc1ccccc1Cl. The van der Waals surface area contributed by atoms with Gasteiger partial charge in [0.1, 0.15) is 0 Å². The number of nitrogens with one attached hydrogen (secondary N) is 1. The highest BCUT2D eigenvalue weighted by Gasteiger charge is 2.20. The van der Waals surface area contributed by atoms with E-state index in [0.29, 0.717) is 18.1 Å². The van der Waals surface area contributed by atoms with Crippen molar-refractivity contribution in [3.05, 3.63) is 34.9 Å². The van der Waals surface area contributed by atoms with Gasteiger partial charge in [-0.2, -0.15) is 0 Å². The Labute approximate surface area is 125 Å². The van der Waals surface area contributed by atoms with Crippen LogP contribution in [-0.2, 0) is 16.1 Å². The van der Waals surface area contributed by atoms with Gasteiger partial charge in [0.05, 0.1) is 0 Å². The van der Waals surface area contributed by atoms with Crippen molar-refractivity contribution in [1.82, 2.24) is 10.2 Å². The Balaban J connectivity index is 2.57. The van der Waals surface area contributed by atoms with Crippen molar-refractivity contribution in [1.29, 1.82) is 0 Å². The van der Waals surface area contributed by atoms with Crippen LogP contribution >= 0.6 is 11.6 Å². The Morgan fingerprint density at radius 3 is 2.30 bits per heavy atom. The molecule has 0 aliphatic rings. The smallest absolute Gasteiger partial charge is 0.311 e. The minimum absolute atomic E-state index is 0.260. The first-order chi connectivity index (χ1) is 9.60. The number of carbonyl (C=O) groups excluding carboxylic acids is 2. The van der Waals surface area contributed by atoms with Gasteiger partial charge in [-0.15, -0.1) is 0 Å². The fraction of sp³-hybridized carbons (Fsp3) is 0.467. The number of halogens is 1. The van der Waals surface area contributed by atoms with Gasteiger partial charge in [0.25, 0.3) is 0 Å². The molecular formula is C15H21ClN2O2. The molecule has 1 rings (SSSR count). The summed E-state index contributed by atoms with van der Waals surface area (Å²) in [6, 6.07) is 7.24. The van der Waals surface area contributed by atoms with Gasteiger partial charge < -0.3 is 10.2 Å². The van der Waals surface area contributed by atoms with E-state index in [2.05, 4.69) is 5.32 Å². The van der Waals surface area contributed by atoms with Crippen LogP contribution in [0.1, 0.15) is 32.3 Å². The molecule has 0 radical (unpaired) electrons. The summed E-state index contributed by atoms with van der Waals surface area (Å²) in [5.74, 6) is -1.05. The molecule has 1 aromatic rings. The topological polar surface area (TPSA) is 49.4 Å². The van der Waals surface area contributed by atoms with Crippen molar-refractivity contribution in [2.45, 2.75) is 33.2 Å². The number of nitrogens with zero attached hydrogens (tertiary/aromatic N) is 1. The Morgan fingerprint density at radius 2 is 1.75 bits per heavy atom. The lowest BCUT2D eigenvalue weighted by Gasteiger charge is -2.20. The summed E-state index contributed by atoms with van der Waals surface area (Å²) >= 11 is 6.00. The molecule has 0 unspecified atom stereocenters. The van der Waals surface area contributed by atoms with Gasteiger partial charge in [-0.25, -0.2) is 0 Å². The van der Waals surface area contributed by atoms with Gasteiger partial charge in [-0.05, 0) is 24.5 Å². The van der Waals surface area contributed by atoms with Crippen LogP contribution in [0.15, 0.2) is 24.3 Å². The maximum atomic E-state index is 12.0. The summed E-state index contributed by atoms with van der Waals surface area (Å²) < 4.78 is 0. The van der Waals surface area contributed by atoms with Crippen molar-refractivity contribution in [2.75, 3.05) is 13.1 Å². The van der Waals surface area contributed by atoms with Crippen LogP contribution in [0.2, 0.25) is 5.02 Å². The minimum atomic E-state index is -0.577. The zero-order chi connectivity index (χ0) is 15.0. The van der Waals surface area contributed by atoms with Crippen LogP contribution in [0.4, 0.5) is 0 Å². The molecule has 0 heterocycles. The highest BCUT2D eigenvalue weighted by atomic mass is 35.5. The number of benzene rings is 1. The zero-order valence-electron chi connectivity index (χ0n) is 12.0. The lowest BCUT2D eigenvalue weighted by atomic mass is 10.2. The van der Waals surface area contributed by atoms with Crippen LogP contribution in [0.25, 0.3) is 0 Å². The van der Waals surface area contributed by atoms with E-state index in [-0.39, 0.29) is 6.54 Å². The Hall–Kier alpha value is -1.55. The molecule has 1 aromatic carbocycles. The summed E-state index contributed by atoms with van der Waals surface area (Å²) in [7, 11) is 0. The molecule has 0 saturated carbocycles. The highest BCUT2D eigenvalue weighted by Crippen LogP contribution is 2.14. The van der Waals surface area contributed by atoms with Gasteiger partial charge in [-0.1, -0.05) is 43.6 Å². The van der Waals surface area contributed by atoms with Crippen molar-refractivity contribution >= 4 is 23.4 Å². The van der Waals surface area contributed by atoms with Gasteiger partial charge in [0.15, 0.2) is 0 Å². The van der Waals surface area contributed by atoms with Crippen LogP contribution in [-0.4, -0.2) is 29.8 Å². The number of amides is 2. The predicted octanol–water partition coefficient (Wildman–Crippen LogP) is 2.60. The molecule has 0 spiro atoms. The van der Waals surface area contributed by atoms with E-state index in [9.17, 15) is 9.59 Å². The number of rotatable bonds is 6. The molecule has 1 N–H and O–H groups in total. The number of hydrogen-bond acceptors (Lipinski definition) is 2. The monoisotopic (exact) mass is 296 g/mol. The fourth-order valence-electron chi connectivity index (χ4n) is 1.89. The van der Waals surface area contributed by atoms with E-state index in [1.807, 2.05) is 32.0 Å². The molecule has 4 nitrogen and oxygen atoms in total. The first kappa shape index (κ1) is 16.5. The van der Waals surface area contributed by atoms with E-state index in [4.69, 9.17) is 11.6 Å². The molecule has 110 valence electrons. The average Bonchev–Trinajstić information content (AvgIpc) is 2.45. The maximum Gasteiger partial charge on any atom is 0.311 e. The summed E-state index contributed by atoms with van der Waals surface area (Å²) in [6.45, 7) is 5.43. The second kappa shape index (κ2) is 8.59. The molecule has 0 aliphatic carbocycles. The summed E-state index contributed by atoms with van der Waals surface area (Å²) in [6.07, 6.45) is 1.67. The zero-order valence-corrected chi connectivity index (χ0v) is 12.7. The molecule has 0 fully saturated rings. The third-order valence-electron chi connectivity index (χ3n) is 2.87. The molecule has 0 aromatic heterocycles. The van der Waals surface area contributed by atoms with E-state index in [0.717, 1.165) is 18.4 Å². The standard InChI is InChI=1S/C15H21ClN2O2/c1-3-9-18(10-4-2)15(20)14(19)17-11-12-7-5-6-8-13(12)16/h5-8H,3-4,9-11H2,1-2H3,(H,17,19).